The summed E-state index contributed by atoms with van der Waals surface area (Å²) in [6.45, 7) is 0.946. The van der Waals surface area contributed by atoms with E-state index in [4.69, 9.17) is 34.8 Å². The van der Waals surface area contributed by atoms with E-state index in [0.717, 1.165) is 0 Å². The molecule has 3 aromatic carbocycles. The maximum atomic E-state index is 14.1. The summed E-state index contributed by atoms with van der Waals surface area (Å²) in [7, 11) is 0. The molecular formula is C28H17Cl3N2O3. The first-order valence-corrected chi connectivity index (χ1v) is 12.4. The van der Waals surface area contributed by atoms with Crippen LogP contribution < -0.4 is 5.32 Å². The topological polar surface area (TPSA) is 66.5 Å². The lowest BCUT2D eigenvalue weighted by Gasteiger charge is -2.38. The first kappa shape index (κ1) is 23.0. The van der Waals surface area contributed by atoms with Gasteiger partial charge in [-0.05, 0) is 35.9 Å². The van der Waals surface area contributed by atoms with Gasteiger partial charge in [0.05, 0.1) is 16.3 Å². The van der Waals surface area contributed by atoms with Crippen molar-refractivity contribution in [3.63, 3.8) is 0 Å². The predicted octanol–water partition coefficient (Wildman–Crippen LogP) is 6.08. The Bertz CT molecular complexity index is 1560. The molecule has 1 N–H and O–H groups in total. The Hall–Kier alpha value is -3.38. The maximum absolute atomic E-state index is 14.1. The normalized spacial score (nSPS) is 18.6. The first-order chi connectivity index (χ1) is 17.4. The van der Waals surface area contributed by atoms with Crippen molar-refractivity contribution < 1.29 is 14.4 Å². The van der Waals surface area contributed by atoms with Crippen LogP contribution in [0.2, 0.25) is 15.1 Å². The average molecular weight is 536 g/mol. The summed E-state index contributed by atoms with van der Waals surface area (Å²) in [5.41, 5.74) is 2.54. The van der Waals surface area contributed by atoms with Crippen molar-refractivity contribution in [2.45, 2.75) is 5.92 Å². The minimum absolute atomic E-state index is 0.205. The van der Waals surface area contributed by atoms with Crippen molar-refractivity contribution in [3.8, 4) is 0 Å². The predicted molar refractivity (Wildman–Crippen MR) is 139 cm³/mol. The number of benzene rings is 3. The van der Waals surface area contributed by atoms with Crippen LogP contribution in [0.3, 0.4) is 0 Å². The highest BCUT2D eigenvalue weighted by atomic mass is 35.5. The molecule has 1 aliphatic carbocycles. The van der Waals surface area contributed by atoms with Gasteiger partial charge in [-0.15, -0.1) is 0 Å². The van der Waals surface area contributed by atoms with Crippen LogP contribution in [0.25, 0.3) is 0 Å². The van der Waals surface area contributed by atoms with Gasteiger partial charge in [-0.2, -0.15) is 0 Å². The van der Waals surface area contributed by atoms with Crippen LogP contribution in [-0.4, -0.2) is 35.3 Å². The van der Waals surface area contributed by atoms with E-state index < -0.39 is 5.92 Å². The van der Waals surface area contributed by atoms with Gasteiger partial charge in [0.25, 0.3) is 0 Å². The molecular weight excluding hydrogens is 519 g/mol. The smallest absolute Gasteiger partial charge is 0.210 e. The number of allylic oxidation sites excluding steroid dienone is 3. The molecule has 1 saturated heterocycles. The molecule has 0 bridgehead atoms. The van der Waals surface area contributed by atoms with Crippen molar-refractivity contribution in [1.29, 1.82) is 0 Å². The molecule has 3 aromatic rings. The lowest BCUT2D eigenvalue weighted by Crippen LogP contribution is -2.40. The summed E-state index contributed by atoms with van der Waals surface area (Å²) in [6.07, 6.45) is 0. The van der Waals surface area contributed by atoms with Crippen molar-refractivity contribution >= 4 is 52.2 Å². The van der Waals surface area contributed by atoms with Crippen LogP contribution in [-0.2, 0) is 0 Å². The third-order valence-corrected chi connectivity index (χ3v) is 7.55. The summed E-state index contributed by atoms with van der Waals surface area (Å²) in [5, 5.41) is 4.41. The Balaban J connectivity index is 1.63. The second kappa shape index (κ2) is 8.63. The number of fused-ring (bicyclic) bond motifs is 3. The van der Waals surface area contributed by atoms with Crippen molar-refractivity contribution in [1.82, 2.24) is 10.2 Å². The molecule has 0 radical (unpaired) electrons. The third kappa shape index (κ3) is 3.42. The number of carbonyl (C=O) groups excluding carboxylic acids is 3. The van der Waals surface area contributed by atoms with Crippen molar-refractivity contribution in [2.24, 2.45) is 0 Å². The zero-order chi connectivity index (χ0) is 25.1. The fraction of sp³-hybridized carbons (Fsp3) is 0.107. The summed E-state index contributed by atoms with van der Waals surface area (Å²) in [4.78, 5) is 43.7. The molecule has 1 unspecified atom stereocenters. The van der Waals surface area contributed by atoms with Gasteiger partial charge in [-0.3, -0.25) is 14.4 Å². The summed E-state index contributed by atoms with van der Waals surface area (Å²) in [6, 6.07) is 18.4. The van der Waals surface area contributed by atoms with E-state index in [9.17, 15) is 14.4 Å². The molecule has 178 valence electrons. The van der Waals surface area contributed by atoms with Gasteiger partial charge in [0.15, 0.2) is 11.6 Å². The summed E-state index contributed by atoms with van der Waals surface area (Å²) >= 11 is 18.7. The van der Waals surface area contributed by atoms with E-state index >= 15 is 0 Å². The fourth-order valence-corrected chi connectivity index (χ4v) is 5.82. The lowest BCUT2D eigenvalue weighted by atomic mass is 9.72. The quantitative estimate of drug-likeness (QED) is 0.412. The Morgan fingerprint density at radius 1 is 0.861 bits per heavy atom. The number of nitrogens with zero attached hydrogens (tertiary/aromatic N) is 1. The molecule has 3 aliphatic rings. The molecule has 0 spiro atoms. The second-order valence-corrected chi connectivity index (χ2v) is 10.0. The van der Waals surface area contributed by atoms with Gasteiger partial charge in [-0.25, -0.2) is 0 Å². The molecule has 36 heavy (non-hydrogen) atoms. The zero-order valence-electron chi connectivity index (χ0n) is 18.6. The van der Waals surface area contributed by atoms with E-state index in [1.807, 2.05) is 0 Å². The number of nitrogens with one attached hydrogen (secondary N) is 1. The first-order valence-electron chi connectivity index (χ1n) is 11.3. The van der Waals surface area contributed by atoms with Crippen LogP contribution >= 0.6 is 34.8 Å². The Kier molecular flexibility index (Phi) is 5.52. The molecule has 0 saturated carbocycles. The van der Waals surface area contributed by atoms with E-state index in [1.165, 1.54) is 6.07 Å². The largest absolute Gasteiger partial charge is 0.369 e. The van der Waals surface area contributed by atoms with Gasteiger partial charge >= 0.3 is 0 Å². The number of ketones is 3. The third-order valence-electron chi connectivity index (χ3n) is 6.76. The van der Waals surface area contributed by atoms with Gasteiger partial charge in [0, 0.05) is 51.3 Å². The molecule has 2 aliphatic heterocycles. The average Bonchev–Trinajstić information content (AvgIpc) is 3.36. The zero-order valence-corrected chi connectivity index (χ0v) is 20.9. The molecule has 8 heteroatoms. The Labute approximate surface area is 222 Å². The number of halogens is 3. The molecule has 6 rings (SSSR count). The highest BCUT2D eigenvalue weighted by Crippen LogP contribution is 2.48. The van der Waals surface area contributed by atoms with E-state index in [2.05, 4.69) is 5.32 Å². The number of hydrogen-bond acceptors (Lipinski definition) is 5. The number of hydrogen-bond donors (Lipinski definition) is 1. The standard InChI is InChI=1S/C28H17Cl3N2O3/c29-15-7-5-14(6-8-15)21-22-24(27(36)18-4-2-1-3-17(18)25(22)34)33-12-11-32-28(33)23(21)26(35)19-10-9-16(30)13-20(19)31/h1-10,13,21,32H,11-12H2. The SMILES string of the molecule is O=C(C1=C2NCCN2C2=C(C(=O)c3ccccc3C2=O)C1c1ccc(Cl)cc1)c1ccc(Cl)cc1Cl. The van der Waals surface area contributed by atoms with Gasteiger partial charge < -0.3 is 10.2 Å². The summed E-state index contributed by atoms with van der Waals surface area (Å²) in [5.74, 6) is -1.17. The van der Waals surface area contributed by atoms with Crippen LogP contribution in [0.1, 0.15) is 42.6 Å². The Morgan fingerprint density at radius 2 is 1.53 bits per heavy atom. The van der Waals surface area contributed by atoms with Gasteiger partial charge in [0.1, 0.15) is 5.82 Å². The van der Waals surface area contributed by atoms with Gasteiger partial charge in [0.2, 0.25) is 5.78 Å². The van der Waals surface area contributed by atoms with Crippen LogP contribution in [0, 0.1) is 0 Å². The fourth-order valence-electron chi connectivity index (χ4n) is 5.20. The van der Waals surface area contributed by atoms with E-state index in [0.29, 0.717) is 56.9 Å². The lowest BCUT2D eigenvalue weighted by molar-refractivity contribution is 0.0936. The Morgan fingerprint density at radius 3 is 2.22 bits per heavy atom. The van der Waals surface area contributed by atoms with Crippen LogP contribution in [0.5, 0.6) is 0 Å². The summed E-state index contributed by atoms with van der Waals surface area (Å²) < 4.78 is 0. The molecule has 0 amide bonds. The second-order valence-electron chi connectivity index (χ2n) is 8.74. The number of Topliss-reactive ketones (excluding diaryl/α,β-unsaturated/α-hetero) is 3. The minimum Gasteiger partial charge on any atom is -0.369 e. The molecule has 1 fully saturated rings. The van der Waals surface area contributed by atoms with Crippen LogP contribution in [0.15, 0.2) is 89.4 Å². The number of rotatable bonds is 3. The number of carbonyl (C=O) groups is 3. The monoisotopic (exact) mass is 534 g/mol. The molecule has 1 atom stereocenters. The van der Waals surface area contributed by atoms with E-state index in [1.54, 1.807) is 65.6 Å². The molecule has 5 nitrogen and oxygen atoms in total. The van der Waals surface area contributed by atoms with E-state index in [-0.39, 0.29) is 33.5 Å². The maximum Gasteiger partial charge on any atom is 0.210 e. The minimum atomic E-state index is -0.807. The molecule has 0 aromatic heterocycles. The van der Waals surface area contributed by atoms with Crippen LogP contribution in [0.4, 0.5) is 0 Å². The van der Waals surface area contributed by atoms with Crippen molar-refractivity contribution in [2.75, 3.05) is 13.1 Å². The van der Waals surface area contributed by atoms with Crippen molar-refractivity contribution in [3.05, 3.63) is 127 Å². The highest BCUT2D eigenvalue weighted by molar-refractivity contribution is 6.38. The van der Waals surface area contributed by atoms with Gasteiger partial charge in [-0.1, -0.05) is 71.2 Å². The molecule has 2 heterocycles. The highest BCUT2D eigenvalue weighted by Gasteiger charge is 2.48.